The molecule has 2 aromatic rings. The maximum absolute atomic E-state index is 5.21. The Hall–Kier alpha value is -1.64. The number of fused-ring (bicyclic) bond motifs is 2. The zero-order valence-electron chi connectivity index (χ0n) is 6.24. The van der Waals surface area contributed by atoms with E-state index in [4.69, 9.17) is 13.9 Å². The first-order chi connectivity index (χ1) is 5.93. The molecule has 0 N–H and O–H groups in total. The van der Waals surface area contributed by atoms with Gasteiger partial charge in [-0.15, -0.1) is 0 Å². The monoisotopic (exact) mass is 162 g/mol. The zero-order chi connectivity index (χ0) is 7.97. The lowest BCUT2D eigenvalue weighted by molar-refractivity contribution is 0.174. The van der Waals surface area contributed by atoms with E-state index < -0.39 is 0 Å². The van der Waals surface area contributed by atoms with Gasteiger partial charge < -0.3 is 13.9 Å². The molecule has 60 valence electrons. The lowest BCUT2D eigenvalue weighted by Gasteiger charge is -1.93. The molecular formula is C9H6O3. The average molecular weight is 162 g/mol. The van der Waals surface area contributed by atoms with E-state index in [1.54, 1.807) is 6.26 Å². The van der Waals surface area contributed by atoms with E-state index >= 15 is 0 Å². The normalized spacial score (nSPS) is 14.0. The van der Waals surface area contributed by atoms with E-state index in [2.05, 4.69) is 0 Å². The second kappa shape index (κ2) is 1.94. The van der Waals surface area contributed by atoms with Gasteiger partial charge in [-0.3, -0.25) is 0 Å². The van der Waals surface area contributed by atoms with Gasteiger partial charge in [-0.05, 0) is 12.1 Å². The molecule has 0 amide bonds. The summed E-state index contributed by atoms with van der Waals surface area (Å²) in [7, 11) is 0. The summed E-state index contributed by atoms with van der Waals surface area (Å²) in [5.74, 6) is 1.56. The average Bonchev–Trinajstić information content (AvgIpc) is 2.64. The van der Waals surface area contributed by atoms with Crippen LogP contribution in [-0.2, 0) is 0 Å². The van der Waals surface area contributed by atoms with E-state index in [9.17, 15) is 0 Å². The number of ether oxygens (including phenoxy) is 2. The molecule has 1 aliphatic rings. The fourth-order valence-electron chi connectivity index (χ4n) is 1.35. The highest BCUT2D eigenvalue weighted by molar-refractivity contribution is 5.81. The van der Waals surface area contributed by atoms with Gasteiger partial charge in [-0.2, -0.15) is 0 Å². The Morgan fingerprint density at radius 1 is 1.08 bits per heavy atom. The van der Waals surface area contributed by atoms with Gasteiger partial charge in [0.2, 0.25) is 6.79 Å². The van der Waals surface area contributed by atoms with Crippen LogP contribution in [0.4, 0.5) is 0 Å². The molecule has 0 saturated heterocycles. The lowest BCUT2D eigenvalue weighted by atomic mass is 10.2. The maximum atomic E-state index is 5.21. The standard InChI is InChI=1S/C9H6O3/c1-2-10-7-4-9-8(3-6(1)7)11-5-12-9/h1-4H,5H2. The maximum Gasteiger partial charge on any atom is 0.231 e. The van der Waals surface area contributed by atoms with Gasteiger partial charge in [0.1, 0.15) is 5.58 Å². The number of furan rings is 1. The van der Waals surface area contributed by atoms with Gasteiger partial charge in [-0.25, -0.2) is 0 Å². The molecule has 0 fully saturated rings. The Morgan fingerprint density at radius 3 is 2.83 bits per heavy atom. The first-order valence-electron chi connectivity index (χ1n) is 3.70. The summed E-state index contributed by atoms with van der Waals surface area (Å²) >= 11 is 0. The molecule has 0 atom stereocenters. The smallest absolute Gasteiger partial charge is 0.231 e. The Labute approximate surface area is 68.5 Å². The van der Waals surface area contributed by atoms with E-state index in [1.165, 1.54) is 0 Å². The number of benzene rings is 1. The topological polar surface area (TPSA) is 31.6 Å². The molecule has 0 unspecified atom stereocenters. The van der Waals surface area contributed by atoms with Crippen molar-refractivity contribution in [2.45, 2.75) is 0 Å². The van der Waals surface area contributed by atoms with Crippen LogP contribution in [0.5, 0.6) is 11.5 Å². The quantitative estimate of drug-likeness (QED) is 0.594. The first kappa shape index (κ1) is 5.94. The Kier molecular flexibility index (Phi) is 0.961. The summed E-state index contributed by atoms with van der Waals surface area (Å²) in [6.45, 7) is 0.307. The minimum absolute atomic E-state index is 0.307. The fraction of sp³-hybridized carbons (Fsp3) is 0.111. The molecule has 3 rings (SSSR count). The SMILES string of the molecule is c1cc2cc3c(cc2o1)OCO3. The molecule has 0 saturated carbocycles. The molecule has 12 heavy (non-hydrogen) atoms. The Balaban J connectivity index is 2.38. The van der Waals surface area contributed by atoms with Gasteiger partial charge in [0, 0.05) is 11.5 Å². The Bertz CT molecular complexity index is 392. The highest BCUT2D eigenvalue weighted by atomic mass is 16.7. The van der Waals surface area contributed by atoms with Gasteiger partial charge in [0.25, 0.3) is 0 Å². The van der Waals surface area contributed by atoms with Gasteiger partial charge in [0.05, 0.1) is 6.26 Å². The second-order valence-corrected chi connectivity index (χ2v) is 2.66. The van der Waals surface area contributed by atoms with E-state index in [0.717, 1.165) is 22.5 Å². The zero-order valence-corrected chi connectivity index (χ0v) is 6.24. The van der Waals surface area contributed by atoms with Crippen molar-refractivity contribution in [2.24, 2.45) is 0 Å². The lowest BCUT2D eigenvalue weighted by Crippen LogP contribution is -1.92. The van der Waals surface area contributed by atoms with Crippen molar-refractivity contribution in [2.75, 3.05) is 6.79 Å². The molecular weight excluding hydrogens is 156 g/mol. The van der Waals surface area contributed by atoms with Crippen LogP contribution in [0, 0.1) is 0 Å². The highest BCUT2D eigenvalue weighted by Crippen LogP contribution is 2.36. The third kappa shape index (κ3) is 0.652. The van der Waals surface area contributed by atoms with Crippen LogP contribution < -0.4 is 9.47 Å². The van der Waals surface area contributed by atoms with Gasteiger partial charge in [0.15, 0.2) is 11.5 Å². The summed E-state index contributed by atoms with van der Waals surface area (Å²) in [6, 6.07) is 5.66. The minimum atomic E-state index is 0.307. The summed E-state index contributed by atoms with van der Waals surface area (Å²) in [6.07, 6.45) is 1.65. The van der Waals surface area contributed by atoms with Crippen molar-refractivity contribution < 1.29 is 13.9 Å². The van der Waals surface area contributed by atoms with Crippen LogP contribution in [0.15, 0.2) is 28.9 Å². The number of hydrogen-bond donors (Lipinski definition) is 0. The number of rotatable bonds is 0. The van der Waals surface area contributed by atoms with Gasteiger partial charge >= 0.3 is 0 Å². The summed E-state index contributed by atoms with van der Waals surface area (Å²) < 4.78 is 15.6. The molecule has 1 aromatic heterocycles. The van der Waals surface area contributed by atoms with Crippen molar-refractivity contribution in [1.82, 2.24) is 0 Å². The van der Waals surface area contributed by atoms with E-state index in [-0.39, 0.29) is 0 Å². The van der Waals surface area contributed by atoms with Crippen molar-refractivity contribution in [3.05, 3.63) is 24.5 Å². The molecule has 0 radical (unpaired) electrons. The molecule has 1 aliphatic heterocycles. The molecule has 0 bridgehead atoms. The van der Waals surface area contributed by atoms with Crippen molar-refractivity contribution in [1.29, 1.82) is 0 Å². The molecule has 3 heteroatoms. The highest BCUT2D eigenvalue weighted by Gasteiger charge is 2.14. The van der Waals surface area contributed by atoms with E-state index in [0.29, 0.717) is 6.79 Å². The fourth-order valence-corrected chi connectivity index (χ4v) is 1.35. The molecule has 2 heterocycles. The van der Waals surface area contributed by atoms with Crippen LogP contribution in [-0.4, -0.2) is 6.79 Å². The molecule has 0 spiro atoms. The largest absolute Gasteiger partial charge is 0.464 e. The first-order valence-corrected chi connectivity index (χ1v) is 3.70. The summed E-state index contributed by atoms with van der Waals surface area (Å²) in [5, 5.41) is 1.04. The molecule has 1 aromatic carbocycles. The third-order valence-corrected chi connectivity index (χ3v) is 1.95. The van der Waals surface area contributed by atoms with Crippen LogP contribution >= 0.6 is 0 Å². The predicted octanol–water partition coefficient (Wildman–Crippen LogP) is 2.16. The molecule has 3 nitrogen and oxygen atoms in total. The third-order valence-electron chi connectivity index (χ3n) is 1.95. The van der Waals surface area contributed by atoms with E-state index in [1.807, 2.05) is 18.2 Å². The molecule has 0 aliphatic carbocycles. The van der Waals surface area contributed by atoms with Crippen LogP contribution in [0.1, 0.15) is 0 Å². The van der Waals surface area contributed by atoms with Crippen molar-refractivity contribution in [3.63, 3.8) is 0 Å². The van der Waals surface area contributed by atoms with Crippen LogP contribution in [0.2, 0.25) is 0 Å². The predicted molar refractivity (Wildman–Crippen MR) is 42.3 cm³/mol. The minimum Gasteiger partial charge on any atom is -0.464 e. The van der Waals surface area contributed by atoms with Crippen LogP contribution in [0.25, 0.3) is 11.0 Å². The van der Waals surface area contributed by atoms with Crippen molar-refractivity contribution >= 4 is 11.0 Å². The summed E-state index contributed by atoms with van der Waals surface area (Å²) in [5.41, 5.74) is 0.833. The van der Waals surface area contributed by atoms with Crippen molar-refractivity contribution in [3.8, 4) is 11.5 Å². The second-order valence-electron chi connectivity index (χ2n) is 2.66. The summed E-state index contributed by atoms with van der Waals surface area (Å²) in [4.78, 5) is 0. The Morgan fingerprint density at radius 2 is 1.92 bits per heavy atom. The van der Waals surface area contributed by atoms with Crippen LogP contribution in [0.3, 0.4) is 0 Å². The number of hydrogen-bond acceptors (Lipinski definition) is 3. The van der Waals surface area contributed by atoms with Gasteiger partial charge in [-0.1, -0.05) is 0 Å².